The summed E-state index contributed by atoms with van der Waals surface area (Å²) in [6.07, 6.45) is -7.76. The molecule has 1 heterocycles. The first-order valence-electron chi connectivity index (χ1n) is 3.91. The van der Waals surface area contributed by atoms with Gasteiger partial charge < -0.3 is 5.11 Å². The van der Waals surface area contributed by atoms with Crippen molar-refractivity contribution in [1.82, 2.24) is 4.98 Å². The summed E-state index contributed by atoms with van der Waals surface area (Å²) in [4.78, 5) is 2.91. The normalized spacial score (nSPS) is 12.2. The van der Waals surface area contributed by atoms with E-state index in [0.29, 0.717) is 6.20 Å². The Morgan fingerprint density at radius 1 is 1.38 bits per heavy atom. The number of rotatable bonds is 2. The third-order valence-corrected chi connectivity index (χ3v) is 2.38. The fourth-order valence-corrected chi connectivity index (χ4v) is 1.74. The summed E-state index contributed by atoms with van der Waals surface area (Å²) in [5.74, 6) is -0.770. The van der Waals surface area contributed by atoms with Crippen LogP contribution in [0.3, 0.4) is 0 Å². The van der Waals surface area contributed by atoms with E-state index in [4.69, 9.17) is 5.11 Å². The molecule has 1 N–H and O–H groups in total. The summed E-state index contributed by atoms with van der Waals surface area (Å²) in [5.41, 5.74) is -3.60. The van der Waals surface area contributed by atoms with Crippen LogP contribution in [0.25, 0.3) is 0 Å². The van der Waals surface area contributed by atoms with Gasteiger partial charge in [-0.25, -0.2) is 8.78 Å². The molecule has 0 fully saturated rings. The molecule has 16 heavy (non-hydrogen) atoms. The van der Waals surface area contributed by atoms with Crippen LogP contribution in [-0.2, 0) is 11.5 Å². The molecule has 0 amide bonds. The molecule has 0 aliphatic carbocycles. The first-order chi connectivity index (χ1) is 7.29. The Kier molecular flexibility index (Phi) is 3.72. The number of nitrogens with zero attached hydrogens (tertiary/aromatic N) is 1. The molecule has 8 heteroatoms. The summed E-state index contributed by atoms with van der Waals surface area (Å²) in [5, 5.41) is 8.73. The number of hydrogen-bond donors (Lipinski definition) is 1. The van der Waals surface area contributed by atoms with Crippen LogP contribution in [0.5, 0.6) is 5.75 Å². The Hall–Kier alpha value is -0.920. The van der Waals surface area contributed by atoms with E-state index >= 15 is 0 Å². The highest BCUT2D eigenvalue weighted by atomic mass is 79.9. The predicted molar refractivity (Wildman–Crippen MR) is 48.5 cm³/mol. The first kappa shape index (κ1) is 13.1. The third kappa shape index (κ3) is 2.42. The quantitative estimate of drug-likeness (QED) is 0.668. The minimum absolute atomic E-state index is 0.393. The molecule has 1 rings (SSSR count). The fourth-order valence-electron chi connectivity index (χ4n) is 1.17. The molecule has 0 radical (unpaired) electrons. The molecular formula is C8H5BrF5NO. The highest BCUT2D eigenvalue weighted by molar-refractivity contribution is 9.08. The van der Waals surface area contributed by atoms with Crippen LogP contribution in [0.2, 0.25) is 0 Å². The lowest BCUT2D eigenvalue weighted by molar-refractivity contribution is -0.140. The van der Waals surface area contributed by atoms with Crippen LogP contribution >= 0.6 is 15.9 Å². The molecule has 0 aliphatic rings. The van der Waals surface area contributed by atoms with Crippen LogP contribution in [0.1, 0.15) is 23.2 Å². The molecule has 90 valence electrons. The summed E-state index contributed by atoms with van der Waals surface area (Å²) >= 11 is 2.70. The van der Waals surface area contributed by atoms with E-state index in [-0.39, 0.29) is 0 Å². The standard InChI is InChI=1S/C8H5BrF5NO/c9-1-3-4(16)2-15-6(7(10)11)5(3)8(12,13)14/h2,7,16H,1H2. The zero-order valence-corrected chi connectivity index (χ0v) is 9.11. The second-order valence-electron chi connectivity index (χ2n) is 2.81. The number of halogens is 6. The van der Waals surface area contributed by atoms with Crippen LogP contribution in [0, 0.1) is 0 Å². The number of aromatic hydroxyl groups is 1. The van der Waals surface area contributed by atoms with Crippen LogP contribution < -0.4 is 0 Å². The summed E-state index contributed by atoms with van der Waals surface area (Å²) in [6.45, 7) is 0. The van der Waals surface area contributed by atoms with Crippen molar-refractivity contribution in [2.24, 2.45) is 0 Å². The summed E-state index contributed by atoms with van der Waals surface area (Å²) in [6, 6.07) is 0. The Balaban J connectivity index is 3.54. The Labute approximate surface area is 95.2 Å². The highest BCUT2D eigenvalue weighted by Gasteiger charge is 2.40. The lowest BCUT2D eigenvalue weighted by atomic mass is 10.1. The monoisotopic (exact) mass is 305 g/mol. The SMILES string of the molecule is Oc1cnc(C(F)F)c(C(F)(F)F)c1CBr. The van der Waals surface area contributed by atoms with Crippen molar-refractivity contribution in [3.8, 4) is 5.75 Å². The lowest BCUT2D eigenvalue weighted by Gasteiger charge is -2.15. The zero-order valence-electron chi connectivity index (χ0n) is 7.52. The fraction of sp³-hybridized carbons (Fsp3) is 0.375. The first-order valence-corrected chi connectivity index (χ1v) is 5.03. The highest BCUT2D eigenvalue weighted by Crippen LogP contribution is 2.41. The van der Waals surface area contributed by atoms with Gasteiger partial charge in [0.2, 0.25) is 0 Å². The van der Waals surface area contributed by atoms with Crippen LogP contribution in [-0.4, -0.2) is 10.1 Å². The van der Waals surface area contributed by atoms with Gasteiger partial charge in [-0.15, -0.1) is 0 Å². The molecule has 1 aromatic rings. The summed E-state index contributed by atoms with van der Waals surface area (Å²) in [7, 11) is 0. The van der Waals surface area contributed by atoms with Crippen molar-refractivity contribution in [2.75, 3.05) is 0 Å². The Morgan fingerprint density at radius 3 is 2.31 bits per heavy atom. The van der Waals surface area contributed by atoms with E-state index < -0.39 is 40.5 Å². The minimum Gasteiger partial charge on any atom is -0.506 e. The lowest BCUT2D eigenvalue weighted by Crippen LogP contribution is -2.14. The third-order valence-electron chi connectivity index (χ3n) is 1.82. The van der Waals surface area contributed by atoms with Gasteiger partial charge in [-0.05, 0) is 0 Å². The van der Waals surface area contributed by atoms with E-state index in [1.165, 1.54) is 0 Å². The van der Waals surface area contributed by atoms with Gasteiger partial charge in [0.05, 0.1) is 11.8 Å². The minimum atomic E-state index is -4.99. The largest absolute Gasteiger partial charge is 0.506 e. The number of alkyl halides is 6. The van der Waals surface area contributed by atoms with Crippen LogP contribution in [0.15, 0.2) is 6.20 Å². The van der Waals surface area contributed by atoms with Gasteiger partial charge >= 0.3 is 6.18 Å². The van der Waals surface area contributed by atoms with Gasteiger partial charge in [0.1, 0.15) is 11.4 Å². The second kappa shape index (κ2) is 4.52. The summed E-state index contributed by atoms with van der Waals surface area (Å²) < 4.78 is 62.3. The van der Waals surface area contributed by atoms with Crippen molar-refractivity contribution in [2.45, 2.75) is 17.9 Å². The van der Waals surface area contributed by atoms with Gasteiger partial charge in [0.15, 0.2) is 0 Å². The average Bonchev–Trinajstić information content (AvgIpc) is 2.15. The molecule has 0 bridgehead atoms. The van der Waals surface area contributed by atoms with Crippen LogP contribution in [0.4, 0.5) is 22.0 Å². The van der Waals surface area contributed by atoms with E-state index in [1.54, 1.807) is 0 Å². The van der Waals surface area contributed by atoms with E-state index in [2.05, 4.69) is 20.9 Å². The molecule has 0 aromatic carbocycles. The smallest absolute Gasteiger partial charge is 0.418 e. The molecule has 0 saturated carbocycles. The van der Waals surface area contributed by atoms with Gasteiger partial charge in [-0.2, -0.15) is 13.2 Å². The van der Waals surface area contributed by atoms with Gasteiger partial charge in [-0.1, -0.05) is 15.9 Å². The average molecular weight is 306 g/mol. The molecule has 2 nitrogen and oxygen atoms in total. The topological polar surface area (TPSA) is 33.1 Å². The second-order valence-corrected chi connectivity index (χ2v) is 3.38. The maximum atomic E-state index is 12.5. The van der Waals surface area contributed by atoms with Gasteiger partial charge in [0, 0.05) is 10.9 Å². The Bertz CT molecular complexity index is 393. The van der Waals surface area contributed by atoms with Crippen molar-refractivity contribution in [3.63, 3.8) is 0 Å². The number of pyridine rings is 1. The van der Waals surface area contributed by atoms with Crippen molar-refractivity contribution in [3.05, 3.63) is 23.0 Å². The van der Waals surface area contributed by atoms with E-state index in [9.17, 15) is 22.0 Å². The maximum absolute atomic E-state index is 12.5. The molecular weight excluding hydrogens is 301 g/mol. The molecule has 0 aliphatic heterocycles. The predicted octanol–water partition coefficient (Wildman–Crippen LogP) is 3.64. The van der Waals surface area contributed by atoms with Gasteiger partial charge in [-0.3, -0.25) is 4.98 Å². The van der Waals surface area contributed by atoms with E-state index in [1.807, 2.05) is 0 Å². The zero-order chi connectivity index (χ0) is 12.5. The molecule has 0 unspecified atom stereocenters. The molecule has 0 saturated heterocycles. The Morgan fingerprint density at radius 2 is 1.94 bits per heavy atom. The molecule has 1 aromatic heterocycles. The van der Waals surface area contributed by atoms with Crippen molar-refractivity contribution < 1.29 is 27.1 Å². The molecule has 0 atom stereocenters. The maximum Gasteiger partial charge on any atom is 0.418 e. The van der Waals surface area contributed by atoms with Gasteiger partial charge in [0.25, 0.3) is 6.43 Å². The van der Waals surface area contributed by atoms with Crippen molar-refractivity contribution in [1.29, 1.82) is 0 Å². The van der Waals surface area contributed by atoms with E-state index in [0.717, 1.165) is 0 Å². The number of aromatic nitrogens is 1. The molecule has 0 spiro atoms. The van der Waals surface area contributed by atoms with Crippen molar-refractivity contribution >= 4 is 15.9 Å². The number of hydrogen-bond acceptors (Lipinski definition) is 2.